The van der Waals surface area contributed by atoms with Crippen LogP contribution in [-0.2, 0) is 33.8 Å². The number of pyridine rings is 1. The third-order valence-corrected chi connectivity index (χ3v) is 7.24. The SMILES string of the molecule is CCc1c(CNC(C)=O)cccc1Nc1c(CC(N)=O)cnc2cc(OC)c(OCC(O)CN(C(C)=O)C3CC3)cc12. The van der Waals surface area contributed by atoms with E-state index in [2.05, 4.69) is 15.6 Å². The zero-order chi connectivity index (χ0) is 30.4. The first-order valence-electron chi connectivity index (χ1n) is 14.1. The Bertz CT molecular complexity index is 1470. The smallest absolute Gasteiger partial charge is 0.221 e. The molecule has 1 aliphatic carbocycles. The maximum atomic E-state index is 12.0. The molecule has 5 N–H and O–H groups in total. The first-order chi connectivity index (χ1) is 20.1. The zero-order valence-electron chi connectivity index (χ0n) is 24.5. The molecule has 11 heteroatoms. The molecule has 224 valence electrons. The van der Waals surface area contributed by atoms with Gasteiger partial charge in [-0.2, -0.15) is 0 Å². The van der Waals surface area contributed by atoms with Gasteiger partial charge in [-0.1, -0.05) is 19.1 Å². The lowest BCUT2D eigenvalue weighted by atomic mass is 10.0. The van der Waals surface area contributed by atoms with Crippen molar-refractivity contribution < 1.29 is 29.0 Å². The fourth-order valence-corrected chi connectivity index (χ4v) is 5.06. The average Bonchev–Trinajstić information content (AvgIpc) is 3.79. The highest BCUT2D eigenvalue weighted by Gasteiger charge is 2.32. The van der Waals surface area contributed by atoms with Crippen LogP contribution in [0, 0.1) is 0 Å². The van der Waals surface area contributed by atoms with E-state index in [1.165, 1.54) is 21.0 Å². The van der Waals surface area contributed by atoms with Crippen LogP contribution in [0.15, 0.2) is 36.5 Å². The molecule has 4 rings (SSSR count). The number of fused-ring (bicyclic) bond motifs is 1. The van der Waals surface area contributed by atoms with Crippen LogP contribution < -0.4 is 25.8 Å². The minimum atomic E-state index is -0.898. The van der Waals surface area contributed by atoms with Crippen LogP contribution in [0.5, 0.6) is 11.5 Å². The van der Waals surface area contributed by atoms with Crippen LogP contribution >= 0.6 is 0 Å². The van der Waals surface area contributed by atoms with Gasteiger partial charge in [0, 0.05) is 55.3 Å². The van der Waals surface area contributed by atoms with Gasteiger partial charge in [0.1, 0.15) is 12.7 Å². The summed E-state index contributed by atoms with van der Waals surface area (Å²) in [5.74, 6) is 0.103. The van der Waals surface area contributed by atoms with Gasteiger partial charge in [-0.15, -0.1) is 0 Å². The van der Waals surface area contributed by atoms with Gasteiger partial charge >= 0.3 is 0 Å². The van der Waals surface area contributed by atoms with Crippen molar-refractivity contribution in [3.05, 3.63) is 53.2 Å². The van der Waals surface area contributed by atoms with Crippen molar-refractivity contribution >= 4 is 40.0 Å². The van der Waals surface area contributed by atoms with E-state index in [0.29, 0.717) is 46.6 Å². The van der Waals surface area contributed by atoms with Crippen molar-refractivity contribution in [1.29, 1.82) is 0 Å². The number of benzene rings is 2. The number of anilines is 2. The molecule has 1 heterocycles. The van der Waals surface area contributed by atoms with Crippen LogP contribution in [0.3, 0.4) is 0 Å². The third kappa shape index (κ3) is 7.47. The van der Waals surface area contributed by atoms with Gasteiger partial charge in [-0.05, 0) is 42.5 Å². The maximum Gasteiger partial charge on any atom is 0.221 e. The summed E-state index contributed by atoms with van der Waals surface area (Å²) in [5, 5.41) is 17.7. The fraction of sp³-hybridized carbons (Fsp3) is 0.419. The number of carbonyl (C=O) groups is 3. The van der Waals surface area contributed by atoms with Crippen molar-refractivity contribution in [1.82, 2.24) is 15.2 Å². The van der Waals surface area contributed by atoms with E-state index in [1.807, 2.05) is 25.1 Å². The van der Waals surface area contributed by atoms with Gasteiger partial charge in [0.05, 0.1) is 31.3 Å². The number of ether oxygens (including phenoxy) is 2. The van der Waals surface area contributed by atoms with E-state index < -0.39 is 12.0 Å². The van der Waals surface area contributed by atoms with Crippen LogP contribution in [0.4, 0.5) is 11.4 Å². The van der Waals surface area contributed by atoms with E-state index in [-0.39, 0.29) is 37.4 Å². The van der Waals surface area contributed by atoms with Crippen LogP contribution in [0.1, 0.15) is 50.3 Å². The first-order valence-corrected chi connectivity index (χ1v) is 14.1. The number of nitrogens with zero attached hydrogens (tertiary/aromatic N) is 2. The summed E-state index contributed by atoms with van der Waals surface area (Å²) < 4.78 is 11.6. The number of aliphatic hydroxyl groups is 1. The van der Waals surface area contributed by atoms with Gasteiger partial charge < -0.3 is 35.8 Å². The molecular formula is C31H39N5O6. The van der Waals surface area contributed by atoms with Gasteiger partial charge in [0.15, 0.2) is 11.5 Å². The molecule has 0 saturated heterocycles. The van der Waals surface area contributed by atoms with Crippen molar-refractivity contribution in [2.75, 3.05) is 25.6 Å². The summed E-state index contributed by atoms with van der Waals surface area (Å²) in [5.41, 5.74) is 10.2. The second-order valence-electron chi connectivity index (χ2n) is 10.5. The highest BCUT2D eigenvalue weighted by atomic mass is 16.5. The molecule has 42 heavy (non-hydrogen) atoms. The quantitative estimate of drug-likeness (QED) is 0.228. The molecule has 1 fully saturated rings. The molecule has 3 amide bonds. The van der Waals surface area contributed by atoms with Crippen molar-refractivity contribution in [3.63, 3.8) is 0 Å². The number of methoxy groups -OCH3 is 1. The van der Waals surface area contributed by atoms with Crippen LogP contribution in [0.25, 0.3) is 10.9 Å². The number of primary amides is 1. The Kier molecular flexibility index (Phi) is 9.84. The minimum Gasteiger partial charge on any atom is -0.493 e. The minimum absolute atomic E-state index is 0.0404. The molecule has 1 unspecified atom stereocenters. The monoisotopic (exact) mass is 577 g/mol. The van der Waals surface area contributed by atoms with Crippen molar-refractivity contribution in [2.45, 2.75) is 65.1 Å². The number of aromatic nitrogens is 1. The lowest BCUT2D eigenvalue weighted by molar-refractivity contribution is -0.131. The molecule has 0 bridgehead atoms. The second-order valence-corrected chi connectivity index (χ2v) is 10.5. The molecule has 0 radical (unpaired) electrons. The summed E-state index contributed by atoms with van der Waals surface area (Å²) in [6.07, 6.45) is 3.26. The number of hydrogen-bond donors (Lipinski definition) is 4. The Morgan fingerprint density at radius 1 is 1.17 bits per heavy atom. The molecule has 3 aromatic rings. The number of amides is 3. The average molecular weight is 578 g/mol. The normalized spacial score (nSPS) is 13.4. The number of hydrogen-bond acceptors (Lipinski definition) is 8. The summed E-state index contributed by atoms with van der Waals surface area (Å²) in [6, 6.07) is 9.48. The molecule has 1 aromatic heterocycles. The van der Waals surface area contributed by atoms with Gasteiger partial charge in [0.25, 0.3) is 0 Å². The molecular weight excluding hydrogens is 538 g/mol. The fourth-order valence-electron chi connectivity index (χ4n) is 5.06. The van der Waals surface area contributed by atoms with E-state index in [0.717, 1.165) is 29.7 Å². The van der Waals surface area contributed by atoms with Crippen LogP contribution in [0.2, 0.25) is 0 Å². The molecule has 1 saturated carbocycles. The second kappa shape index (κ2) is 13.5. The number of rotatable bonds is 14. The lowest BCUT2D eigenvalue weighted by Crippen LogP contribution is -2.39. The highest BCUT2D eigenvalue weighted by molar-refractivity contribution is 5.98. The predicted octanol–water partition coefficient (Wildman–Crippen LogP) is 2.96. The number of aliphatic hydroxyl groups excluding tert-OH is 1. The molecule has 11 nitrogen and oxygen atoms in total. The largest absolute Gasteiger partial charge is 0.493 e. The van der Waals surface area contributed by atoms with Gasteiger partial charge in [-0.25, -0.2) is 0 Å². The number of nitrogens with two attached hydrogens (primary N) is 1. The Morgan fingerprint density at radius 2 is 1.93 bits per heavy atom. The van der Waals surface area contributed by atoms with E-state index in [4.69, 9.17) is 15.2 Å². The van der Waals surface area contributed by atoms with Crippen molar-refractivity contribution in [2.24, 2.45) is 5.73 Å². The number of nitrogens with one attached hydrogen (secondary N) is 2. The standard InChI is InChI=1S/C31H39N5O6/c1-5-24-20(14-33-18(2)37)7-6-8-26(24)35-31-21(11-30(32)40)15-34-27-13-28(41-4)29(12-25(27)31)42-17-23(39)16-36(19(3)38)22-9-10-22/h6-8,12-13,15,22-23,39H,5,9-11,14,16-17H2,1-4H3,(H2,32,40)(H,33,37)(H,34,35). The molecule has 0 spiro atoms. The number of carbonyl (C=O) groups excluding carboxylic acids is 3. The van der Waals surface area contributed by atoms with Crippen LogP contribution in [-0.4, -0.2) is 65.1 Å². The highest BCUT2D eigenvalue weighted by Crippen LogP contribution is 2.38. The van der Waals surface area contributed by atoms with Crippen molar-refractivity contribution in [3.8, 4) is 11.5 Å². The van der Waals surface area contributed by atoms with E-state index in [1.54, 1.807) is 23.2 Å². The molecule has 1 aliphatic rings. The summed E-state index contributed by atoms with van der Waals surface area (Å²) in [7, 11) is 1.52. The summed E-state index contributed by atoms with van der Waals surface area (Å²) in [4.78, 5) is 41.8. The van der Waals surface area contributed by atoms with Gasteiger partial charge in [0.2, 0.25) is 17.7 Å². The molecule has 2 aromatic carbocycles. The Balaban J connectivity index is 1.70. The Hall–Kier alpha value is -4.38. The maximum absolute atomic E-state index is 12.0. The van der Waals surface area contributed by atoms with E-state index >= 15 is 0 Å². The zero-order valence-corrected chi connectivity index (χ0v) is 24.5. The topological polar surface area (TPSA) is 156 Å². The Labute approximate surface area is 245 Å². The Morgan fingerprint density at radius 3 is 2.55 bits per heavy atom. The van der Waals surface area contributed by atoms with Gasteiger partial charge in [-0.3, -0.25) is 19.4 Å². The summed E-state index contributed by atoms with van der Waals surface area (Å²) >= 11 is 0. The first kappa shape index (κ1) is 30.6. The molecule has 1 atom stereocenters. The van der Waals surface area contributed by atoms with E-state index in [9.17, 15) is 19.5 Å². The molecule has 0 aliphatic heterocycles. The lowest BCUT2D eigenvalue weighted by Gasteiger charge is -2.24. The summed E-state index contributed by atoms with van der Waals surface area (Å²) in [6.45, 7) is 5.53. The predicted molar refractivity (Wildman–Crippen MR) is 160 cm³/mol. The third-order valence-electron chi connectivity index (χ3n) is 7.24.